The van der Waals surface area contributed by atoms with Gasteiger partial charge in [-0.15, -0.1) is 0 Å². The Hall–Kier alpha value is -3.30. The Balaban J connectivity index is 1.65. The number of para-hydroxylation sites is 1. The highest BCUT2D eigenvalue weighted by Gasteiger charge is 2.24. The molecule has 146 valence electrons. The van der Waals surface area contributed by atoms with Crippen molar-refractivity contribution in [3.05, 3.63) is 95.1 Å². The van der Waals surface area contributed by atoms with Crippen LogP contribution in [0.25, 0.3) is 17.2 Å². The molecule has 0 amide bonds. The Bertz CT molecular complexity index is 1060. The first-order valence-electron chi connectivity index (χ1n) is 9.62. The highest BCUT2D eigenvalue weighted by Crippen LogP contribution is 2.43. The van der Waals surface area contributed by atoms with Crippen molar-refractivity contribution in [2.24, 2.45) is 0 Å². The third-order valence-electron chi connectivity index (χ3n) is 5.16. The maximum absolute atomic E-state index is 5.89. The van der Waals surface area contributed by atoms with Gasteiger partial charge in [0.1, 0.15) is 17.2 Å². The number of fused-ring (bicyclic) bond motifs is 1. The summed E-state index contributed by atoms with van der Waals surface area (Å²) in [6.07, 6.45) is 2.22. The summed E-state index contributed by atoms with van der Waals surface area (Å²) in [5.41, 5.74) is 7.17. The second kappa shape index (κ2) is 8.38. The van der Waals surface area contributed by atoms with Crippen LogP contribution in [0.1, 0.15) is 23.6 Å². The minimum absolute atomic E-state index is 0.577. The summed E-state index contributed by atoms with van der Waals surface area (Å²) in [4.78, 5) is 0. The highest BCUT2D eigenvalue weighted by molar-refractivity contribution is 6.05. The van der Waals surface area contributed by atoms with E-state index in [1.54, 1.807) is 14.2 Å². The van der Waals surface area contributed by atoms with Crippen LogP contribution in [0, 0.1) is 0 Å². The molecule has 29 heavy (non-hydrogen) atoms. The molecule has 1 aliphatic carbocycles. The molecule has 0 bridgehead atoms. The second-order valence-corrected chi connectivity index (χ2v) is 6.99. The zero-order valence-corrected chi connectivity index (χ0v) is 16.9. The fourth-order valence-electron chi connectivity index (χ4n) is 3.64. The maximum atomic E-state index is 5.89. The molecule has 0 radical (unpaired) electrons. The number of ether oxygens (including phenoxy) is 3. The molecular weight excluding hydrogens is 360 g/mol. The molecule has 3 aromatic rings. The Morgan fingerprint density at radius 2 is 1.45 bits per heavy atom. The van der Waals surface area contributed by atoms with Gasteiger partial charge in [0.25, 0.3) is 0 Å². The first kappa shape index (κ1) is 19.0. The zero-order valence-electron chi connectivity index (χ0n) is 16.9. The molecule has 0 atom stereocenters. The predicted octanol–water partition coefficient (Wildman–Crippen LogP) is 6.46. The van der Waals surface area contributed by atoms with Crippen LogP contribution >= 0.6 is 0 Å². The summed E-state index contributed by atoms with van der Waals surface area (Å²) in [7, 11) is 3.42. The Morgan fingerprint density at radius 3 is 2.14 bits per heavy atom. The summed E-state index contributed by atoms with van der Waals surface area (Å²) in [6.45, 7) is 2.73. The summed E-state index contributed by atoms with van der Waals surface area (Å²) in [6, 6.07) is 24.2. The van der Waals surface area contributed by atoms with E-state index in [0.29, 0.717) is 6.61 Å². The third-order valence-corrected chi connectivity index (χ3v) is 5.16. The summed E-state index contributed by atoms with van der Waals surface area (Å²) in [5, 5.41) is 0. The Kier molecular flexibility index (Phi) is 5.50. The van der Waals surface area contributed by atoms with Gasteiger partial charge in [-0.05, 0) is 82.8 Å². The molecule has 3 aromatic carbocycles. The van der Waals surface area contributed by atoms with Crippen LogP contribution in [-0.4, -0.2) is 20.8 Å². The summed E-state index contributed by atoms with van der Waals surface area (Å²) < 4.78 is 16.8. The summed E-state index contributed by atoms with van der Waals surface area (Å²) >= 11 is 0. The van der Waals surface area contributed by atoms with Crippen molar-refractivity contribution in [3.63, 3.8) is 0 Å². The predicted molar refractivity (Wildman–Crippen MR) is 118 cm³/mol. The van der Waals surface area contributed by atoms with Crippen molar-refractivity contribution in [3.8, 4) is 17.2 Å². The first-order valence-corrected chi connectivity index (χ1v) is 9.62. The van der Waals surface area contributed by atoms with Crippen LogP contribution in [0.5, 0.6) is 17.2 Å². The third kappa shape index (κ3) is 3.96. The lowest BCUT2D eigenvalue weighted by atomic mass is 10.0. The topological polar surface area (TPSA) is 27.7 Å². The monoisotopic (exact) mass is 384 g/mol. The van der Waals surface area contributed by atoms with E-state index in [-0.39, 0.29) is 0 Å². The van der Waals surface area contributed by atoms with E-state index >= 15 is 0 Å². The molecule has 0 saturated heterocycles. The molecule has 0 aliphatic heterocycles. The van der Waals surface area contributed by atoms with E-state index < -0.39 is 0 Å². The van der Waals surface area contributed by atoms with Gasteiger partial charge in [-0.3, -0.25) is 0 Å². The van der Waals surface area contributed by atoms with Crippen molar-refractivity contribution in [2.75, 3.05) is 20.8 Å². The minimum Gasteiger partial charge on any atom is -0.497 e. The van der Waals surface area contributed by atoms with Crippen molar-refractivity contribution >= 4 is 17.2 Å². The van der Waals surface area contributed by atoms with Crippen molar-refractivity contribution in [1.82, 2.24) is 0 Å². The Labute approximate surface area is 171 Å². The van der Waals surface area contributed by atoms with Gasteiger partial charge in [-0.25, -0.2) is 0 Å². The maximum Gasteiger partial charge on any atom is 0.127 e. The number of hydrogen-bond donors (Lipinski definition) is 0. The number of rotatable bonds is 6. The SMILES string of the molecule is COCC1=C(C)/C(=C/c2ccc(Oc3ccccc3)cc2)c2ccc(OC)cc21. The van der Waals surface area contributed by atoms with Crippen LogP contribution in [-0.2, 0) is 4.74 Å². The van der Waals surface area contributed by atoms with E-state index in [4.69, 9.17) is 14.2 Å². The van der Waals surface area contributed by atoms with E-state index in [0.717, 1.165) is 22.8 Å². The zero-order chi connectivity index (χ0) is 20.2. The number of benzene rings is 3. The average molecular weight is 384 g/mol. The standard InChI is InChI=1S/C26H24O3/c1-18-24(23-14-13-22(28-3)16-25(23)26(18)17-27-2)15-19-9-11-21(12-10-19)29-20-7-5-4-6-8-20/h4-16H,17H2,1-3H3/b24-15-. The molecule has 0 aromatic heterocycles. The fourth-order valence-corrected chi connectivity index (χ4v) is 3.64. The van der Waals surface area contributed by atoms with Crippen LogP contribution in [0.15, 0.2) is 78.4 Å². The fraction of sp³-hybridized carbons (Fsp3) is 0.154. The van der Waals surface area contributed by atoms with Gasteiger partial charge in [0.15, 0.2) is 0 Å². The van der Waals surface area contributed by atoms with Gasteiger partial charge in [-0.1, -0.05) is 36.4 Å². The van der Waals surface area contributed by atoms with Gasteiger partial charge >= 0.3 is 0 Å². The van der Waals surface area contributed by atoms with Crippen molar-refractivity contribution in [2.45, 2.75) is 6.92 Å². The van der Waals surface area contributed by atoms with Crippen LogP contribution in [0.4, 0.5) is 0 Å². The summed E-state index contributed by atoms with van der Waals surface area (Å²) in [5.74, 6) is 2.51. The van der Waals surface area contributed by atoms with Gasteiger partial charge in [-0.2, -0.15) is 0 Å². The van der Waals surface area contributed by atoms with Gasteiger partial charge in [0.05, 0.1) is 13.7 Å². The number of allylic oxidation sites excluding steroid dienone is 2. The lowest BCUT2D eigenvalue weighted by Crippen LogP contribution is -1.94. The van der Waals surface area contributed by atoms with E-state index in [1.165, 1.54) is 27.8 Å². The lowest BCUT2D eigenvalue weighted by Gasteiger charge is -2.08. The first-order chi connectivity index (χ1) is 14.2. The molecule has 0 N–H and O–H groups in total. The molecule has 3 heteroatoms. The molecule has 4 rings (SSSR count). The molecule has 0 heterocycles. The largest absolute Gasteiger partial charge is 0.497 e. The molecule has 1 aliphatic rings. The van der Waals surface area contributed by atoms with Crippen molar-refractivity contribution < 1.29 is 14.2 Å². The molecule has 0 saturated carbocycles. The molecule has 0 unspecified atom stereocenters. The highest BCUT2D eigenvalue weighted by atomic mass is 16.5. The molecular formula is C26H24O3. The van der Waals surface area contributed by atoms with E-state index in [1.807, 2.05) is 48.5 Å². The van der Waals surface area contributed by atoms with Gasteiger partial charge < -0.3 is 14.2 Å². The molecule has 0 fully saturated rings. The second-order valence-electron chi connectivity index (χ2n) is 6.99. The number of hydrogen-bond acceptors (Lipinski definition) is 3. The number of methoxy groups -OCH3 is 2. The molecule has 0 spiro atoms. The van der Waals surface area contributed by atoms with Crippen molar-refractivity contribution in [1.29, 1.82) is 0 Å². The van der Waals surface area contributed by atoms with Crippen LogP contribution < -0.4 is 9.47 Å². The average Bonchev–Trinajstić information content (AvgIpc) is 3.01. The Morgan fingerprint density at radius 1 is 0.759 bits per heavy atom. The smallest absolute Gasteiger partial charge is 0.127 e. The van der Waals surface area contributed by atoms with E-state index in [9.17, 15) is 0 Å². The van der Waals surface area contributed by atoms with Gasteiger partial charge in [0, 0.05) is 7.11 Å². The minimum atomic E-state index is 0.577. The van der Waals surface area contributed by atoms with Gasteiger partial charge in [0.2, 0.25) is 0 Å². The van der Waals surface area contributed by atoms with E-state index in [2.05, 4.69) is 37.3 Å². The quantitative estimate of drug-likeness (QED) is 0.488. The molecule has 3 nitrogen and oxygen atoms in total. The van der Waals surface area contributed by atoms with Crippen LogP contribution in [0.3, 0.4) is 0 Å². The van der Waals surface area contributed by atoms with Crippen LogP contribution in [0.2, 0.25) is 0 Å². The normalized spacial score (nSPS) is 14.2. The lowest BCUT2D eigenvalue weighted by molar-refractivity contribution is 0.239.